The maximum Gasteiger partial charge on any atom is 0.338 e. The molecule has 0 radical (unpaired) electrons. The molecular formula is C16H21ClN2O5S. The zero-order valence-electron chi connectivity index (χ0n) is 14.0. The first-order valence-electron chi connectivity index (χ1n) is 7.99. The Morgan fingerprint density at radius 3 is 2.52 bits per heavy atom. The van der Waals surface area contributed by atoms with E-state index in [9.17, 15) is 18.0 Å². The zero-order chi connectivity index (χ0) is 18.6. The number of nitrogens with one attached hydrogen (secondary N) is 2. The molecule has 0 spiro atoms. The van der Waals surface area contributed by atoms with Crippen molar-refractivity contribution in [3.63, 3.8) is 0 Å². The van der Waals surface area contributed by atoms with Crippen LogP contribution in [0, 0.1) is 0 Å². The lowest BCUT2D eigenvalue weighted by Crippen LogP contribution is -2.40. The molecule has 0 heterocycles. The van der Waals surface area contributed by atoms with Gasteiger partial charge in [-0.15, -0.1) is 0 Å². The van der Waals surface area contributed by atoms with Crippen LogP contribution in [-0.2, 0) is 19.6 Å². The fourth-order valence-electron chi connectivity index (χ4n) is 2.62. The van der Waals surface area contributed by atoms with E-state index in [4.69, 9.17) is 16.3 Å². The minimum Gasteiger partial charge on any atom is -0.449 e. The molecule has 2 rings (SSSR count). The Labute approximate surface area is 152 Å². The first-order chi connectivity index (χ1) is 11.7. The second-order valence-electron chi connectivity index (χ2n) is 5.89. The third-order valence-corrected chi connectivity index (χ3v) is 5.98. The van der Waals surface area contributed by atoms with Crippen LogP contribution >= 0.6 is 11.6 Å². The van der Waals surface area contributed by atoms with Gasteiger partial charge in [0.1, 0.15) is 4.90 Å². The smallest absolute Gasteiger partial charge is 0.338 e. The summed E-state index contributed by atoms with van der Waals surface area (Å²) in [6, 6.07) is 3.89. The summed E-state index contributed by atoms with van der Waals surface area (Å²) in [7, 11) is -2.57. The van der Waals surface area contributed by atoms with Crippen molar-refractivity contribution in [1.29, 1.82) is 0 Å². The summed E-state index contributed by atoms with van der Waals surface area (Å²) in [5, 5.41) is 2.83. The predicted octanol–water partition coefficient (Wildman–Crippen LogP) is 1.85. The highest BCUT2D eigenvalue weighted by Crippen LogP contribution is 2.23. The number of carbonyl (C=O) groups excluding carboxylic acids is 2. The van der Waals surface area contributed by atoms with Crippen LogP contribution in [0.5, 0.6) is 0 Å². The topological polar surface area (TPSA) is 102 Å². The largest absolute Gasteiger partial charge is 0.449 e. The number of benzene rings is 1. The van der Waals surface area contributed by atoms with Gasteiger partial charge in [0.2, 0.25) is 10.0 Å². The normalized spacial score (nSPS) is 16.4. The molecule has 25 heavy (non-hydrogen) atoms. The summed E-state index contributed by atoms with van der Waals surface area (Å²) in [6.07, 6.45) is 3.02. The molecule has 9 heteroatoms. The summed E-state index contributed by atoms with van der Waals surface area (Å²) in [5.41, 5.74) is -0.00117. The average molecular weight is 389 g/mol. The number of halogens is 1. The minimum atomic E-state index is -3.81. The SMILES string of the molecule is CNS(=O)(=O)c1cc(C(=O)O[C@@H](C)C(=O)NC2CCCC2)ccc1Cl. The molecule has 1 aromatic rings. The Balaban J connectivity index is 2.07. The van der Waals surface area contributed by atoms with Crippen LogP contribution in [0.3, 0.4) is 0 Å². The van der Waals surface area contributed by atoms with Crippen LogP contribution in [0.4, 0.5) is 0 Å². The molecule has 0 bridgehead atoms. The molecule has 0 aromatic heterocycles. The Morgan fingerprint density at radius 1 is 1.28 bits per heavy atom. The summed E-state index contributed by atoms with van der Waals surface area (Å²) in [4.78, 5) is 24.1. The molecular weight excluding hydrogens is 368 g/mol. The zero-order valence-corrected chi connectivity index (χ0v) is 15.6. The first kappa shape index (κ1) is 19.7. The molecule has 1 fully saturated rings. The third-order valence-electron chi connectivity index (χ3n) is 4.08. The van der Waals surface area contributed by atoms with Crippen molar-refractivity contribution in [1.82, 2.24) is 10.0 Å². The average Bonchev–Trinajstić information content (AvgIpc) is 3.07. The molecule has 1 atom stereocenters. The maximum atomic E-state index is 12.2. The van der Waals surface area contributed by atoms with Gasteiger partial charge in [0, 0.05) is 6.04 Å². The van der Waals surface area contributed by atoms with E-state index in [0.717, 1.165) is 31.7 Å². The summed E-state index contributed by atoms with van der Waals surface area (Å²) in [6.45, 7) is 1.48. The lowest BCUT2D eigenvalue weighted by atomic mass is 10.2. The van der Waals surface area contributed by atoms with E-state index in [2.05, 4.69) is 10.0 Å². The van der Waals surface area contributed by atoms with Gasteiger partial charge in [-0.2, -0.15) is 0 Å². The molecule has 0 saturated heterocycles. The fourth-order valence-corrected chi connectivity index (χ4v) is 3.87. The van der Waals surface area contributed by atoms with Crippen molar-refractivity contribution in [3.05, 3.63) is 28.8 Å². The van der Waals surface area contributed by atoms with Gasteiger partial charge in [-0.25, -0.2) is 17.9 Å². The predicted molar refractivity (Wildman–Crippen MR) is 93.0 cm³/mol. The summed E-state index contributed by atoms with van der Waals surface area (Å²) in [5.74, 6) is -1.16. The number of sulfonamides is 1. The molecule has 1 saturated carbocycles. The van der Waals surface area contributed by atoms with Gasteiger partial charge in [-0.1, -0.05) is 24.4 Å². The van der Waals surface area contributed by atoms with E-state index in [-0.39, 0.29) is 27.4 Å². The number of amides is 1. The van der Waals surface area contributed by atoms with E-state index in [0.29, 0.717) is 0 Å². The number of rotatable bonds is 6. The first-order valence-corrected chi connectivity index (χ1v) is 9.85. The third kappa shape index (κ3) is 4.93. The van der Waals surface area contributed by atoms with E-state index in [1.54, 1.807) is 0 Å². The van der Waals surface area contributed by atoms with E-state index < -0.39 is 22.1 Å². The van der Waals surface area contributed by atoms with Crippen LogP contribution in [0.2, 0.25) is 5.02 Å². The van der Waals surface area contributed by atoms with Crippen molar-refractivity contribution >= 4 is 33.5 Å². The monoisotopic (exact) mass is 388 g/mol. The molecule has 1 aliphatic carbocycles. The van der Waals surface area contributed by atoms with E-state index in [1.807, 2.05) is 0 Å². The van der Waals surface area contributed by atoms with Crippen LogP contribution in [-0.4, -0.2) is 39.5 Å². The Morgan fingerprint density at radius 2 is 1.92 bits per heavy atom. The number of carbonyl (C=O) groups is 2. The van der Waals surface area contributed by atoms with E-state index in [1.165, 1.54) is 26.1 Å². The quantitative estimate of drug-likeness (QED) is 0.724. The Bertz CT molecular complexity index is 760. The lowest BCUT2D eigenvalue weighted by Gasteiger charge is -2.17. The van der Waals surface area contributed by atoms with Crippen LogP contribution in [0.15, 0.2) is 23.1 Å². The second-order valence-corrected chi connectivity index (χ2v) is 8.15. The van der Waals surface area contributed by atoms with Gasteiger partial charge in [0.15, 0.2) is 6.10 Å². The highest BCUT2D eigenvalue weighted by molar-refractivity contribution is 7.89. The Hall–Kier alpha value is -1.64. The molecule has 2 N–H and O–H groups in total. The summed E-state index contributed by atoms with van der Waals surface area (Å²) < 4.78 is 31.1. The van der Waals surface area contributed by atoms with Gasteiger partial charge in [0.05, 0.1) is 10.6 Å². The molecule has 7 nitrogen and oxygen atoms in total. The van der Waals surface area contributed by atoms with E-state index >= 15 is 0 Å². The van der Waals surface area contributed by atoms with Crippen LogP contribution < -0.4 is 10.0 Å². The molecule has 138 valence electrons. The van der Waals surface area contributed by atoms with Gasteiger partial charge in [-0.3, -0.25) is 4.79 Å². The van der Waals surface area contributed by atoms with Crippen molar-refractivity contribution in [2.45, 2.75) is 49.6 Å². The molecule has 1 amide bonds. The molecule has 0 unspecified atom stereocenters. The number of hydrogen-bond acceptors (Lipinski definition) is 5. The maximum absolute atomic E-state index is 12.2. The number of esters is 1. The van der Waals surface area contributed by atoms with Gasteiger partial charge >= 0.3 is 5.97 Å². The van der Waals surface area contributed by atoms with Crippen molar-refractivity contribution < 1.29 is 22.7 Å². The minimum absolute atomic E-state index is 0.00117. The second kappa shape index (κ2) is 8.16. The Kier molecular flexibility index (Phi) is 6.42. The molecule has 1 aliphatic rings. The standard InChI is InChI=1S/C16H21ClN2O5S/c1-10(15(20)19-12-5-3-4-6-12)24-16(21)11-7-8-13(17)14(9-11)25(22,23)18-2/h7-10,12,18H,3-6H2,1-2H3,(H,19,20)/t10-/m0/s1. The fraction of sp³-hybridized carbons (Fsp3) is 0.500. The van der Waals surface area contributed by atoms with Crippen LogP contribution in [0.1, 0.15) is 43.0 Å². The van der Waals surface area contributed by atoms with Gasteiger partial charge < -0.3 is 10.1 Å². The van der Waals surface area contributed by atoms with Gasteiger partial charge in [-0.05, 0) is 45.0 Å². The highest BCUT2D eigenvalue weighted by atomic mass is 35.5. The highest BCUT2D eigenvalue weighted by Gasteiger charge is 2.25. The van der Waals surface area contributed by atoms with Crippen molar-refractivity contribution in [2.75, 3.05) is 7.05 Å². The molecule has 0 aliphatic heterocycles. The van der Waals surface area contributed by atoms with Crippen molar-refractivity contribution in [2.24, 2.45) is 0 Å². The van der Waals surface area contributed by atoms with Crippen molar-refractivity contribution in [3.8, 4) is 0 Å². The molecule has 1 aromatic carbocycles. The number of hydrogen-bond donors (Lipinski definition) is 2. The summed E-state index contributed by atoms with van der Waals surface area (Å²) >= 11 is 5.88. The van der Waals surface area contributed by atoms with Crippen LogP contribution in [0.25, 0.3) is 0 Å². The number of ether oxygens (including phenoxy) is 1. The lowest BCUT2D eigenvalue weighted by molar-refractivity contribution is -0.129. The van der Waals surface area contributed by atoms with Gasteiger partial charge in [0.25, 0.3) is 5.91 Å².